The fraction of sp³-hybridized carbons (Fsp3) is 0.333. The molecule has 1 aromatic heterocycles. The van der Waals surface area contributed by atoms with Crippen molar-refractivity contribution >= 4 is 44.6 Å². The normalized spacial score (nSPS) is 15.4. The Hall–Kier alpha value is -3.28. The number of azo groups is 1. The number of oxime groups is 1. The average Bonchev–Trinajstić information content (AvgIpc) is 3.12. The van der Waals surface area contributed by atoms with E-state index in [1.54, 1.807) is 23.8 Å². The van der Waals surface area contributed by atoms with Crippen LogP contribution in [0.2, 0.25) is 0 Å². The summed E-state index contributed by atoms with van der Waals surface area (Å²) in [6, 6.07) is 12.9. The Morgan fingerprint density at radius 2 is 1.89 bits per heavy atom. The molecule has 1 aliphatic rings. The first-order valence-electron chi connectivity index (χ1n) is 11.1. The summed E-state index contributed by atoms with van der Waals surface area (Å²) in [4.78, 5) is 21.8. The summed E-state index contributed by atoms with van der Waals surface area (Å²) in [5, 5.41) is 23.2. The molecular weight excluding hydrogens is 516 g/mol. The van der Waals surface area contributed by atoms with Crippen molar-refractivity contribution in [2.45, 2.75) is 6.67 Å². The second-order valence-electron chi connectivity index (χ2n) is 8.20. The largest absolute Gasteiger partial charge is 0.497 e. The van der Waals surface area contributed by atoms with Gasteiger partial charge in [-0.1, -0.05) is 21.1 Å². The van der Waals surface area contributed by atoms with Crippen molar-refractivity contribution < 1.29 is 19.5 Å². The highest BCUT2D eigenvalue weighted by molar-refractivity contribution is 9.10. The van der Waals surface area contributed by atoms with Gasteiger partial charge >= 0.3 is 5.91 Å². The maximum atomic E-state index is 12.2. The predicted octanol–water partition coefficient (Wildman–Crippen LogP) is 3.98. The van der Waals surface area contributed by atoms with Gasteiger partial charge in [-0.05, 0) is 55.1 Å². The van der Waals surface area contributed by atoms with Gasteiger partial charge in [0.25, 0.3) is 0 Å². The Kier molecular flexibility index (Phi) is 8.11. The van der Waals surface area contributed by atoms with Crippen molar-refractivity contribution in [3.63, 3.8) is 0 Å². The van der Waals surface area contributed by atoms with Crippen molar-refractivity contribution in [2.24, 2.45) is 15.4 Å². The molecule has 1 aliphatic heterocycles. The van der Waals surface area contributed by atoms with Crippen LogP contribution in [0.5, 0.6) is 11.6 Å². The molecule has 1 saturated heterocycles. The maximum absolute atomic E-state index is 12.2. The third-order valence-electron chi connectivity index (χ3n) is 5.75. The minimum absolute atomic E-state index is 0.0352. The van der Waals surface area contributed by atoms with Crippen LogP contribution < -0.4 is 4.74 Å². The summed E-state index contributed by atoms with van der Waals surface area (Å²) in [6.45, 7) is 3.87. The van der Waals surface area contributed by atoms with Crippen LogP contribution in [-0.2, 0) is 16.3 Å². The maximum Gasteiger partial charge on any atom is 0.304 e. The molecule has 35 heavy (non-hydrogen) atoms. The second-order valence-corrected chi connectivity index (χ2v) is 9.11. The van der Waals surface area contributed by atoms with Crippen molar-refractivity contribution in [1.29, 1.82) is 0 Å². The van der Waals surface area contributed by atoms with E-state index in [2.05, 4.69) is 48.2 Å². The van der Waals surface area contributed by atoms with Gasteiger partial charge in [0.2, 0.25) is 5.88 Å². The number of rotatable bonds is 8. The van der Waals surface area contributed by atoms with Crippen LogP contribution in [0.3, 0.4) is 0 Å². The van der Waals surface area contributed by atoms with Gasteiger partial charge in [-0.25, -0.2) is 0 Å². The molecule has 10 nitrogen and oxygen atoms in total. The topological polar surface area (TPSA) is 104 Å². The monoisotopic (exact) mass is 542 g/mol. The number of carbonyl (C=O) groups excluding carboxylic acids is 1. The molecule has 0 saturated carbocycles. The second kappa shape index (κ2) is 11.4. The number of halogens is 1. The zero-order chi connectivity index (χ0) is 24.8. The van der Waals surface area contributed by atoms with E-state index in [4.69, 9.17) is 9.57 Å². The number of aromatic hydroxyl groups is 1. The zero-order valence-electron chi connectivity index (χ0n) is 19.6. The molecule has 2 aromatic carbocycles. The molecule has 0 unspecified atom stereocenters. The lowest BCUT2D eigenvalue weighted by atomic mass is 10.2. The van der Waals surface area contributed by atoms with Crippen LogP contribution in [0, 0.1) is 0 Å². The number of piperazine rings is 1. The van der Waals surface area contributed by atoms with Gasteiger partial charge in [0.15, 0.2) is 12.3 Å². The number of amides is 1. The Morgan fingerprint density at radius 1 is 1.14 bits per heavy atom. The number of ether oxygens (including phenoxy) is 1. The molecule has 11 heteroatoms. The SMILES string of the molecule is COc1ccc(/C=N\OCC(=O)N=Nc2c(O)n(CN3CCN(C)CC3)c3ccc(Br)cc23)cc1. The minimum Gasteiger partial charge on any atom is -0.497 e. The molecule has 1 amide bonds. The molecule has 0 radical (unpaired) electrons. The number of benzene rings is 2. The Morgan fingerprint density at radius 3 is 2.60 bits per heavy atom. The van der Waals surface area contributed by atoms with E-state index in [0.717, 1.165) is 47.5 Å². The molecule has 1 N–H and O–H groups in total. The Bertz CT molecular complexity index is 1230. The van der Waals surface area contributed by atoms with Gasteiger partial charge < -0.3 is 19.6 Å². The highest BCUT2D eigenvalue weighted by Gasteiger charge is 2.21. The number of carbonyl (C=O) groups is 1. The number of aromatic nitrogens is 1. The van der Waals surface area contributed by atoms with E-state index in [0.29, 0.717) is 12.1 Å². The van der Waals surface area contributed by atoms with Crippen LogP contribution in [-0.4, -0.2) is 78.5 Å². The highest BCUT2D eigenvalue weighted by Crippen LogP contribution is 2.40. The lowest BCUT2D eigenvalue weighted by Gasteiger charge is -2.32. The summed E-state index contributed by atoms with van der Waals surface area (Å²) >= 11 is 3.47. The summed E-state index contributed by atoms with van der Waals surface area (Å²) in [7, 11) is 3.69. The van der Waals surface area contributed by atoms with Crippen LogP contribution in [0.1, 0.15) is 5.56 Å². The quantitative estimate of drug-likeness (QED) is 0.262. The first kappa shape index (κ1) is 24.8. The molecule has 0 aliphatic carbocycles. The third kappa shape index (κ3) is 6.24. The smallest absolute Gasteiger partial charge is 0.304 e. The first-order chi connectivity index (χ1) is 16.9. The third-order valence-corrected chi connectivity index (χ3v) is 6.24. The van der Waals surface area contributed by atoms with E-state index >= 15 is 0 Å². The summed E-state index contributed by atoms with van der Waals surface area (Å²) in [6.07, 6.45) is 1.49. The lowest BCUT2D eigenvalue weighted by molar-refractivity contribution is -0.122. The average molecular weight is 543 g/mol. The van der Waals surface area contributed by atoms with Crippen molar-refractivity contribution in [1.82, 2.24) is 14.4 Å². The van der Waals surface area contributed by atoms with E-state index in [1.165, 1.54) is 6.21 Å². The van der Waals surface area contributed by atoms with Gasteiger partial charge in [0.1, 0.15) is 5.75 Å². The number of likely N-dealkylation sites (N-methyl/N-ethyl adjacent to an activating group) is 1. The first-order valence-corrected chi connectivity index (χ1v) is 11.9. The number of methoxy groups -OCH3 is 1. The molecule has 1 fully saturated rings. The Labute approximate surface area is 211 Å². The fourth-order valence-corrected chi connectivity index (χ4v) is 4.10. The van der Waals surface area contributed by atoms with E-state index in [-0.39, 0.29) is 18.2 Å². The van der Waals surface area contributed by atoms with Gasteiger partial charge in [-0.2, -0.15) is 0 Å². The number of hydrogen-bond donors (Lipinski definition) is 1. The van der Waals surface area contributed by atoms with Crippen LogP contribution >= 0.6 is 15.9 Å². The Balaban J connectivity index is 1.44. The molecule has 4 rings (SSSR count). The van der Waals surface area contributed by atoms with Crippen molar-refractivity contribution in [3.05, 3.63) is 52.5 Å². The lowest BCUT2D eigenvalue weighted by Crippen LogP contribution is -2.44. The molecule has 184 valence electrons. The fourth-order valence-electron chi connectivity index (χ4n) is 3.74. The van der Waals surface area contributed by atoms with Gasteiger partial charge in [-0.15, -0.1) is 10.2 Å². The van der Waals surface area contributed by atoms with E-state index in [1.807, 2.05) is 30.3 Å². The van der Waals surface area contributed by atoms with Crippen molar-refractivity contribution in [2.75, 3.05) is 46.9 Å². The number of hydrogen-bond acceptors (Lipinski definition) is 8. The summed E-state index contributed by atoms with van der Waals surface area (Å²) in [5.41, 5.74) is 1.85. The van der Waals surface area contributed by atoms with Crippen LogP contribution in [0.15, 0.2) is 62.3 Å². The standard InChI is InChI=1S/C24H27BrN6O4/c1-29-9-11-30(12-10-29)16-31-21-8-5-18(25)13-20(21)23(24(31)33)28-27-22(32)15-35-26-14-17-3-6-19(34-2)7-4-17/h3-8,13-14,33H,9-12,15-16H2,1-2H3/b26-14-,28-27?. The van der Waals surface area contributed by atoms with Crippen LogP contribution in [0.4, 0.5) is 5.69 Å². The molecule has 0 atom stereocenters. The molecule has 0 bridgehead atoms. The summed E-state index contributed by atoms with van der Waals surface area (Å²) in [5.74, 6) is 0.0806. The summed E-state index contributed by atoms with van der Waals surface area (Å²) < 4.78 is 7.73. The molecule has 2 heterocycles. The van der Waals surface area contributed by atoms with Crippen LogP contribution in [0.25, 0.3) is 10.9 Å². The zero-order valence-corrected chi connectivity index (χ0v) is 21.2. The van der Waals surface area contributed by atoms with Gasteiger partial charge in [0, 0.05) is 36.0 Å². The minimum atomic E-state index is -0.619. The van der Waals surface area contributed by atoms with Gasteiger partial charge in [0.05, 0.1) is 25.5 Å². The number of fused-ring (bicyclic) bond motifs is 1. The van der Waals surface area contributed by atoms with Crippen molar-refractivity contribution in [3.8, 4) is 11.6 Å². The molecular formula is C24H27BrN6O4. The van der Waals surface area contributed by atoms with E-state index < -0.39 is 5.91 Å². The highest BCUT2D eigenvalue weighted by atomic mass is 79.9. The predicted molar refractivity (Wildman–Crippen MR) is 136 cm³/mol. The molecule has 0 spiro atoms. The molecule has 3 aromatic rings. The number of nitrogens with zero attached hydrogens (tertiary/aromatic N) is 6. The van der Waals surface area contributed by atoms with Gasteiger partial charge in [-0.3, -0.25) is 14.3 Å². The van der Waals surface area contributed by atoms with E-state index in [9.17, 15) is 9.90 Å².